The lowest BCUT2D eigenvalue weighted by molar-refractivity contribution is -0.110. The zero-order valence-corrected chi connectivity index (χ0v) is 12.6. The summed E-state index contributed by atoms with van der Waals surface area (Å²) in [6, 6.07) is 0.0986. The van der Waals surface area contributed by atoms with Crippen LogP contribution in [-0.2, 0) is 14.3 Å². The molecule has 2 saturated heterocycles. The van der Waals surface area contributed by atoms with Crippen molar-refractivity contribution in [3.63, 3.8) is 0 Å². The van der Waals surface area contributed by atoms with E-state index < -0.39 is 5.60 Å². The lowest BCUT2D eigenvalue weighted by Crippen LogP contribution is -2.45. The van der Waals surface area contributed by atoms with E-state index in [0.717, 1.165) is 38.5 Å². The van der Waals surface area contributed by atoms with Gasteiger partial charge in [-0.15, -0.1) is 0 Å². The van der Waals surface area contributed by atoms with Crippen LogP contribution in [0.2, 0.25) is 0 Å². The number of carbonyl (C=O) groups is 2. The quantitative estimate of drug-likeness (QED) is 0.747. The molecule has 0 N–H and O–H groups in total. The SMILES string of the molecule is CC(C)(C)OC(=O)N1CCC[C@H]1C1CCC(CC=O)O1. The Balaban J connectivity index is 1.94. The smallest absolute Gasteiger partial charge is 0.410 e. The minimum Gasteiger partial charge on any atom is -0.444 e. The predicted octanol–water partition coefficient (Wildman–Crippen LogP) is 2.52. The number of rotatable bonds is 3. The summed E-state index contributed by atoms with van der Waals surface area (Å²) in [5, 5.41) is 0. The van der Waals surface area contributed by atoms with Crippen LogP contribution >= 0.6 is 0 Å². The lowest BCUT2D eigenvalue weighted by Gasteiger charge is -2.31. The summed E-state index contributed by atoms with van der Waals surface area (Å²) >= 11 is 0. The Morgan fingerprint density at radius 2 is 2.10 bits per heavy atom. The summed E-state index contributed by atoms with van der Waals surface area (Å²) in [6.45, 7) is 6.37. The van der Waals surface area contributed by atoms with Crippen molar-refractivity contribution < 1.29 is 19.1 Å². The van der Waals surface area contributed by atoms with Crippen LogP contribution in [0.25, 0.3) is 0 Å². The maximum atomic E-state index is 12.2. The lowest BCUT2D eigenvalue weighted by atomic mass is 10.0. The molecule has 3 atom stereocenters. The molecule has 2 heterocycles. The van der Waals surface area contributed by atoms with Gasteiger partial charge in [-0.2, -0.15) is 0 Å². The third-order valence-corrected chi connectivity index (χ3v) is 3.86. The number of hydrogen-bond acceptors (Lipinski definition) is 4. The Hall–Kier alpha value is -1.10. The third kappa shape index (κ3) is 3.72. The van der Waals surface area contributed by atoms with E-state index >= 15 is 0 Å². The van der Waals surface area contributed by atoms with E-state index in [9.17, 15) is 9.59 Å². The van der Waals surface area contributed by atoms with Crippen molar-refractivity contribution in [1.29, 1.82) is 0 Å². The van der Waals surface area contributed by atoms with Crippen LogP contribution in [0.3, 0.4) is 0 Å². The third-order valence-electron chi connectivity index (χ3n) is 3.86. The van der Waals surface area contributed by atoms with E-state index in [1.54, 1.807) is 4.90 Å². The molecular weight excluding hydrogens is 258 g/mol. The van der Waals surface area contributed by atoms with Crippen LogP contribution in [0.1, 0.15) is 52.9 Å². The van der Waals surface area contributed by atoms with Gasteiger partial charge < -0.3 is 19.2 Å². The molecule has 2 aliphatic rings. The van der Waals surface area contributed by atoms with Crippen LogP contribution in [0.15, 0.2) is 0 Å². The number of likely N-dealkylation sites (tertiary alicyclic amines) is 1. The molecule has 2 unspecified atom stereocenters. The normalized spacial score (nSPS) is 30.6. The summed E-state index contributed by atoms with van der Waals surface area (Å²) in [5.41, 5.74) is -0.471. The van der Waals surface area contributed by atoms with E-state index in [-0.39, 0.29) is 24.3 Å². The van der Waals surface area contributed by atoms with Crippen molar-refractivity contribution in [2.45, 2.75) is 76.7 Å². The first-order valence-corrected chi connectivity index (χ1v) is 7.49. The fourth-order valence-corrected chi connectivity index (χ4v) is 3.02. The molecule has 0 aliphatic carbocycles. The molecule has 0 aromatic rings. The molecule has 20 heavy (non-hydrogen) atoms. The number of amides is 1. The summed E-state index contributed by atoms with van der Waals surface area (Å²) in [4.78, 5) is 24.6. The first-order chi connectivity index (χ1) is 9.40. The Morgan fingerprint density at radius 1 is 1.35 bits per heavy atom. The Morgan fingerprint density at radius 3 is 2.75 bits per heavy atom. The standard InChI is InChI=1S/C15H25NO4/c1-15(2,3)20-14(18)16-9-4-5-12(16)13-7-6-11(19-13)8-10-17/h10-13H,4-9H2,1-3H3/t11?,12-,13?/m0/s1. The number of ether oxygens (including phenoxy) is 2. The number of aldehydes is 1. The van der Waals surface area contributed by atoms with Gasteiger partial charge in [-0.1, -0.05) is 0 Å². The summed E-state index contributed by atoms with van der Waals surface area (Å²) in [6.07, 6.45) is 4.96. The molecule has 114 valence electrons. The van der Waals surface area contributed by atoms with Gasteiger partial charge in [-0.25, -0.2) is 4.79 Å². The minimum absolute atomic E-state index is 0.0265. The van der Waals surface area contributed by atoms with Gasteiger partial charge in [0.15, 0.2) is 0 Å². The van der Waals surface area contributed by atoms with Crippen molar-refractivity contribution in [1.82, 2.24) is 4.90 Å². The van der Waals surface area contributed by atoms with Crippen LogP contribution in [0.4, 0.5) is 4.79 Å². The highest BCUT2D eigenvalue weighted by molar-refractivity contribution is 5.69. The molecule has 0 aromatic carbocycles. The second-order valence-corrected chi connectivity index (χ2v) is 6.66. The molecule has 0 radical (unpaired) electrons. The Bertz CT molecular complexity index is 363. The highest BCUT2D eigenvalue weighted by Gasteiger charge is 2.40. The Labute approximate surface area is 120 Å². The summed E-state index contributed by atoms with van der Waals surface area (Å²) in [5.74, 6) is 0. The zero-order chi connectivity index (χ0) is 14.8. The van der Waals surface area contributed by atoms with Gasteiger partial charge in [0.25, 0.3) is 0 Å². The monoisotopic (exact) mass is 283 g/mol. The maximum Gasteiger partial charge on any atom is 0.410 e. The number of nitrogens with zero attached hydrogens (tertiary/aromatic N) is 1. The van der Waals surface area contributed by atoms with Crippen molar-refractivity contribution in [3.05, 3.63) is 0 Å². The second kappa shape index (κ2) is 6.12. The van der Waals surface area contributed by atoms with Crippen LogP contribution in [-0.4, -0.2) is 47.7 Å². The van der Waals surface area contributed by atoms with Gasteiger partial charge in [0.05, 0.1) is 18.2 Å². The maximum absolute atomic E-state index is 12.2. The molecule has 5 nitrogen and oxygen atoms in total. The average Bonchev–Trinajstić information content (AvgIpc) is 2.93. The van der Waals surface area contributed by atoms with Gasteiger partial charge in [0.2, 0.25) is 0 Å². The number of carbonyl (C=O) groups excluding carboxylic acids is 2. The molecule has 0 saturated carbocycles. The van der Waals surface area contributed by atoms with Gasteiger partial charge in [-0.05, 0) is 46.5 Å². The summed E-state index contributed by atoms with van der Waals surface area (Å²) in [7, 11) is 0. The predicted molar refractivity (Wildman–Crippen MR) is 74.5 cm³/mol. The van der Waals surface area contributed by atoms with Crippen LogP contribution < -0.4 is 0 Å². The number of hydrogen-bond donors (Lipinski definition) is 0. The molecule has 0 spiro atoms. The molecule has 1 amide bonds. The van der Waals surface area contributed by atoms with Crippen molar-refractivity contribution in [2.75, 3.05) is 6.54 Å². The fraction of sp³-hybridized carbons (Fsp3) is 0.867. The minimum atomic E-state index is -0.471. The van der Waals surface area contributed by atoms with E-state index in [1.165, 1.54) is 0 Å². The van der Waals surface area contributed by atoms with Gasteiger partial charge in [0, 0.05) is 13.0 Å². The van der Waals surface area contributed by atoms with Crippen LogP contribution in [0, 0.1) is 0 Å². The van der Waals surface area contributed by atoms with Crippen LogP contribution in [0.5, 0.6) is 0 Å². The molecule has 2 rings (SSSR count). The van der Waals surface area contributed by atoms with Gasteiger partial charge in [0.1, 0.15) is 11.9 Å². The fourth-order valence-electron chi connectivity index (χ4n) is 3.02. The van der Waals surface area contributed by atoms with Gasteiger partial charge in [-0.3, -0.25) is 0 Å². The van der Waals surface area contributed by atoms with E-state index in [1.807, 2.05) is 20.8 Å². The van der Waals surface area contributed by atoms with Gasteiger partial charge >= 0.3 is 6.09 Å². The largest absolute Gasteiger partial charge is 0.444 e. The van der Waals surface area contributed by atoms with E-state index in [4.69, 9.17) is 9.47 Å². The molecular formula is C15H25NO4. The first-order valence-electron chi connectivity index (χ1n) is 7.49. The molecule has 2 fully saturated rings. The topological polar surface area (TPSA) is 55.8 Å². The molecule has 2 aliphatic heterocycles. The average molecular weight is 283 g/mol. The molecule has 0 bridgehead atoms. The zero-order valence-electron chi connectivity index (χ0n) is 12.6. The highest BCUT2D eigenvalue weighted by Crippen LogP contribution is 2.32. The van der Waals surface area contributed by atoms with Crippen molar-refractivity contribution in [2.24, 2.45) is 0 Å². The van der Waals surface area contributed by atoms with E-state index in [2.05, 4.69) is 0 Å². The Kier molecular flexibility index (Phi) is 4.68. The second-order valence-electron chi connectivity index (χ2n) is 6.66. The molecule has 0 aromatic heterocycles. The van der Waals surface area contributed by atoms with Crippen molar-refractivity contribution >= 4 is 12.4 Å². The summed E-state index contributed by atoms with van der Waals surface area (Å²) < 4.78 is 11.4. The highest BCUT2D eigenvalue weighted by atomic mass is 16.6. The first kappa shape index (κ1) is 15.3. The van der Waals surface area contributed by atoms with Crippen molar-refractivity contribution in [3.8, 4) is 0 Å². The molecule has 5 heteroatoms. The van der Waals surface area contributed by atoms with E-state index in [0.29, 0.717) is 6.42 Å².